The van der Waals surface area contributed by atoms with Crippen LogP contribution in [0.3, 0.4) is 0 Å². The Bertz CT molecular complexity index is 415. The van der Waals surface area contributed by atoms with E-state index in [-0.39, 0.29) is 5.41 Å². The highest BCUT2D eigenvalue weighted by Crippen LogP contribution is 2.64. The first-order chi connectivity index (χ1) is 7.12. The molecule has 0 spiro atoms. The fraction of sp³-hybridized carbons (Fsp3) is 0.462. The SMILES string of the molecule is CC1(C)C(CN)C1c1ccccc1C#N. The lowest BCUT2D eigenvalue weighted by molar-refractivity contribution is 0.558. The fourth-order valence-corrected chi connectivity index (χ4v) is 2.67. The zero-order valence-corrected chi connectivity index (χ0v) is 9.20. The minimum absolute atomic E-state index is 0.252. The molecule has 1 aromatic rings. The minimum atomic E-state index is 0.252. The van der Waals surface area contributed by atoms with Gasteiger partial charge in [-0.05, 0) is 35.4 Å². The molecule has 15 heavy (non-hydrogen) atoms. The highest BCUT2D eigenvalue weighted by molar-refractivity contribution is 5.44. The summed E-state index contributed by atoms with van der Waals surface area (Å²) >= 11 is 0. The molecule has 1 aromatic carbocycles. The smallest absolute Gasteiger partial charge is 0.0994 e. The quantitative estimate of drug-likeness (QED) is 0.796. The van der Waals surface area contributed by atoms with Gasteiger partial charge in [-0.15, -0.1) is 0 Å². The van der Waals surface area contributed by atoms with Crippen molar-refractivity contribution in [3.63, 3.8) is 0 Å². The van der Waals surface area contributed by atoms with Gasteiger partial charge < -0.3 is 5.73 Å². The molecule has 0 bridgehead atoms. The Balaban J connectivity index is 2.37. The number of rotatable bonds is 2. The van der Waals surface area contributed by atoms with E-state index in [9.17, 15) is 0 Å². The first-order valence-corrected chi connectivity index (χ1v) is 5.32. The summed E-state index contributed by atoms with van der Waals surface area (Å²) in [7, 11) is 0. The van der Waals surface area contributed by atoms with E-state index >= 15 is 0 Å². The Hall–Kier alpha value is -1.33. The van der Waals surface area contributed by atoms with Gasteiger partial charge in [0.25, 0.3) is 0 Å². The third-order valence-corrected chi connectivity index (χ3v) is 3.72. The van der Waals surface area contributed by atoms with Crippen molar-refractivity contribution in [1.29, 1.82) is 5.26 Å². The molecule has 0 saturated heterocycles. The molecule has 78 valence electrons. The Morgan fingerprint density at radius 3 is 2.60 bits per heavy atom. The second-order valence-electron chi connectivity index (χ2n) is 4.84. The average Bonchev–Trinajstić information content (AvgIpc) is 2.80. The molecule has 0 radical (unpaired) electrons. The maximum absolute atomic E-state index is 9.04. The standard InChI is InChI=1S/C13H16N2/c1-13(2)11(8-15)12(13)10-6-4-3-5-9(10)7-14/h3-6,11-12H,8,15H2,1-2H3. The molecule has 1 aliphatic rings. The van der Waals surface area contributed by atoms with Gasteiger partial charge in [-0.25, -0.2) is 0 Å². The predicted octanol–water partition coefficient (Wildman–Crippen LogP) is 2.26. The number of hydrogen-bond donors (Lipinski definition) is 1. The van der Waals surface area contributed by atoms with Crippen LogP contribution in [0.5, 0.6) is 0 Å². The second kappa shape index (κ2) is 3.36. The van der Waals surface area contributed by atoms with Crippen molar-refractivity contribution < 1.29 is 0 Å². The number of benzene rings is 1. The predicted molar refractivity (Wildman–Crippen MR) is 60.2 cm³/mol. The van der Waals surface area contributed by atoms with Gasteiger partial charge >= 0.3 is 0 Å². The molecule has 1 fully saturated rings. The molecule has 2 heteroatoms. The summed E-state index contributed by atoms with van der Waals surface area (Å²) in [5, 5.41) is 9.04. The van der Waals surface area contributed by atoms with Crippen LogP contribution in [-0.2, 0) is 0 Å². The van der Waals surface area contributed by atoms with E-state index in [0.29, 0.717) is 18.4 Å². The molecule has 0 aliphatic heterocycles. The van der Waals surface area contributed by atoms with E-state index in [4.69, 9.17) is 11.0 Å². The van der Waals surface area contributed by atoms with Crippen molar-refractivity contribution in [3.05, 3.63) is 35.4 Å². The monoisotopic (exact) mass is 200 g/mol. The van der Waals surface area contributed by atoms with E-state index in [1.165, 1.54) is 5.56 Å². The normalized spacial score (nSPS) is 27.1. The van der Waals surface area contributed by atoms with Crippen LogP contribution in [0.15, 0.2) is 24.3 Å². The molecule has 2 atom stereocenters. The van der Waals surface area contributed by atoms with Crippen molar-refractivity contribution in [2.45, 2.75) is 19.8 Å². The molecule has 1 aliphatic carbocycles. The molecule has 2 nitrogen and oxygen atoms in total. The fourth-order valence-electron chi connectivity index (χ4n) is 2.67. The maximum atomic E-state index is 9.04. The lowest BCUT2D eigenvalue weighted by atomic mass is 9.99. The van der Waals surface area contributed by atoms with E-state index < -0.39 is 0 Å². The molecule has 0 aromatic heterocycles. The summed E-state index contributed by atoms with van der Waals surface area (Å²) in [5.74, 6) is 0.977. The van der Waals surface area contributed by atoms with Crippen LogP contribution in [0.2, 0.25) is 0 Å². The van der Waals surface area contributed by atoms with Gasteiger partial charge in [0.15, 0.2) is 0 Å². The summed E-state index contributed by atoms with van der Waals surface area (Å²) in [6.45, 7) is 5.16. The van der Waals surface area contributed by atoms with Gasteiger partial charge in [-0.2, -0.15) is 5.26 Å². The molecule has 0 heterocycles. The third kappa shape index (κ3) is 1.44. The largest absolute Gasteiger partial charge is 0.330 e. The minimum Gasteiger partial charge on any atom is -0.330 e. The lowest BCUT2D eigenvalue weighted by Crippen LogP contribution is -2.05. The Morgan fingerprint density at radius 2 is 2.07 bits per heavy atom. The highest BCUT2D eigenvalue weighted by atomic mass is 14.7. The van der Waals surface area contributed by atoms with Crippen molar-refractivity contribution in [2.75, 3.05) is 6.54 Å². The van der Waals surface area contributed by atoms with Gasteiger partial charge in [0.1, 0.15) is 0 Å². The van der Waals surface area contributed by atoms with Gasteiger partial charge in [0, 0.05) is 0 Å². The van der Waals surface area contributed by atoms with Crippen LogP contribution >= 0.6 is 0 Å². The second-order valence-corrected chi connectivity index (χ2v) is 4.84. The summed E-state index contributed by atoms with van der Waals surface area (Å²) in [4.78, 5) is 0. The zero-order valence-electron chi connectivity index (χ0n) is 9.20. The van der Waals surface area contributed by atoms with Gasteiger partial charge in [-0.1, -0.05) is 32.0 Å². The van der Waals surface area contributed by atoms with Crippen molar-refractivity contribution in [1.82, 2.24) is 0 Å². The topological polar surface area (TPSA) is 49.8 Å². The lowest BCUT2D eigenvalue weighted by Gasteiger charge is -2.04. The van der Waals surface area contributed by atoms with Crippen LogP contribution in [0.1, 0.15) is 30.9 Å². The van der Waals surface area contributed by atoms with Gasteiger partial charge in [-0.3, -0.25) is 0 Å². The molecule has 2 unspecified atom stereocenters. The molecule has 1 saturated carbocycles. The maximum Gasteiger partial charge on any atom is 0.0994 e. The van der Waals surface area contributed by atoms with E-state index in [1.807, 2.05) is 18.2 Å². The average molecular weight is 200 g/mol. The van der Waals surface area contributed by atoms with Crippen LogP contribution in [-0.4, -0.2) is 6.54 Å². The Morgan fingerprint density at radius 1 is 1.40 bits per heavy atom. The van der Waals surface area contributed by atoms with E-state index in [1.54, 1.807) is 0 Å². The number of nitriles is 1. The molecular weight excluding hydrogens is 184 g/mol. The number of nitrogens with two attached hydrogens (primary N) is 1. The zero-order chi connectivity index (χ0) is 11.1. The van der Waals surface area contributed by atoms with E-state index in [0.717, 1.165) is 5.56 Å². The van der Waals surface area contributed by atoms with Crippen molar-refractivity contribution in [2.24, 2.45) is 17.1 Å². The first kappa shape index (κ1) is 10.2. The highest BCUT2D eigenvalue weighted by Gasteiger charge is 2.57. The van der Waals surface area contributed by atoms with Crippen LogP contribution in [0.4, 0.5) is 0 Å². The number of nitrogens with zero attached hydrogens (tertiary/aromatic N) is 1. The number of hydrogen-bond acceptors (Lipinski definition) is 2. The Kier molecular flexibility index (Phi) is 2.28. The van der Waals surface area contributed by atoms with Crippen LogP contribution in [0.25, 0.3) is 0 Å². The van der Waals surface area contributed by atoms with E-state index in [2.05, 4.69) is 26.0 Å². The summed E-state index contributed by atoms with van der Waals surface area (Å²) in [6, 6.07) is 10.1. The first-order valence-electron chi connectivity index (χ1n) is 5.32. The summed E-state index contributed by atoms with van der Waals surface area (Å²) < 4.78 is 0. The van der Waals surface area contributed by atoms with Crippen molar-refractivity contribution in [3.8, 4) is 6.07 Å². The Labute approximate surface area is 90.7 Å². The molecule has 2 rings (SSSR count). The van der Waals surface area contributed by atoms with Gasteiger partial charge in [0.2, 0.25) is 0 Å². The molecular formula is C13H16N2. The van der Waals surface area contributed by atoms with Gasteiger partial charge in [0.05, 0.1) is 11.6 Å². The van der Waals surface area contributed by atoms with Crippen molar-refractivity contribution >= 4 is 0 Å². The summed E-state index contributed by atoms with van der Waals surface area (Å²) in [6.07, 6.45) is 0. The van der Waals surface area contributed by atoms with Crippen LogP contribution < -0.4 is 5.73 Å². The molecule has 0 amide bonds. The van der Waals surface area contributed by atoms with Crippen LogP contribution in [0, 0.1) is 22.7 Å². The summed E-state index contributed by atoms with van der Waals surface area (Å²) in [5.41, 5.74) is 7.96. The third-order valence-electron chi connectivity index (χ3n) is 3.72. The molecule has 2 N–H and O–H groups in total.